The molecular weight excluding hydrogens is 236 g/mol. The van der Waals surface area contributed by atoms with E-state index in [9.17, 15) is 0 Å². The lowest BCUT2D eigenvalue weighted by atomic mass is 9.94. The quantitative estimate of drug-likeness (QED) is 0.657. The highest BCUT2D eigenvalue weighted by Crippen LogP contribution is 2.61. The van der Waals surface area contributed by atoms with Crippen LogP contribution in [0.3, 0.4) is 0 Å². The maximum Gasteiger partial charge on any atom is 0.178 e. The predicted octanol–water partition coefficient (Wildman–Crippen LogP) is 4.30. The minimum absolute atomic E-state index is 0.174. The van der Waals surface area contributed by atoms with Gasteiger partial charge >= 0.3 is 0 Å². The average molecular weight is 264 g/mol. The van der Waals surface area contributed by atoms with Crippen LogP contribution in [0.5, 0.6) is 0 Å². The molecule has 0 aromatic carbocycles. The van der Waals surface area contributed by atoms with E-state index in [-0.39, 0.29) is 11.2 Å². The lowest BCUT2D eigenvalue weighted by molar-refractivity contribution is -0.254. The highest BCUT2D eigenvalue weighted by molar-refractivity contribution is 5.25. The number of rotatable bonds is 1. The third-order valence-corrected chi connectivity index (χ3v) is 5.06. The Labute approximate surface area is 117 Å². The summed E-state index contributed by atoms with van der Waals surface area (Å²) in [5.41, 5.74) is 1.79. The topological polar surface area (TPSA) is 18.5 Å². The Kier molecular flexibility index (Phi) is 3.51. The average Bonchev–Trinajstić information content (AvgIpc) is 2.89. The first-order valence-corrected chi connectivity index (χ1v) is 8.02. The van der Waals surface area contributed by atoms with E-state index in [1.807, 2.05) is 0 Å². The van der Waals surface area contributed by atoms with Crippen LogP contribution in [0.15, 0.2) is 11.6 Å². The SMILES string of the molecule is C[C@@H]1[C@H](C2=CCCCCCC2)C12OCC(C)(C)CO2. The van der Waals surface area contributed by atoms with Crippen molar-refractivity contribution in [2.24, 2.45) is 17.3 Å². The third kappa shape index (κ3) is 2.50. The molecule has 3 rings (SSSR count). The first-order chi connectivity index (χ1) is 9.05. The lowest BCUT2D eigenvalue weighted by Gasteiger charge is -2.36. The highest BCUT2D eigenvalue weighted by Gasteiger charge is 2.68. The summed E-state index contributed by atoms with van der Waals surface area (Å²) in [7, 11) is 0. The molecule has 1 saturated heterocycles. The van der Waals surface area contributed by atoms with Crippen molar-refractivity contribution in [1.29, 1.82) is 0 Å². The molecule has 19 heavy (non-hydrogen) atoms. The molecule has 108 valence electrons. The van der Waals surface area contributed by atoms with Crippen molar-refractivity contribution in [3.05, 3.63) is 11.6 Å². The predicted molar refractivity (Wildman–Crippen MR) is 76.9 cm³/mol. The molecule has 0 N–H and O–H groups in total. The zero-order valence-corrected chi connectivity index (χ0v) is 12.7. The first-order valence-electron chi connectivity index (χ1n) is 8.02. The van der Waals surface area contributed by atoms with Gasteiger partial charge in [-0.1, -0.05) is 45.3 Å². The second-order valence-corrected chi connectivity index (χ2v) is 7.46. The van der Waals surface area contributed by atoms with Gasteiger partial charge in [0.15, 0.2) is 5.79 Å². The molecule has 1 heterocycles. The van der Waals surface area contributed by atoms with E-state index < -0.39 is 0 Å². The fraction of sp³-hybridized carbons (Fsp3) is 0.882. The molecular formula is C17H28O2. The van der Waals surface area contributed by atoms with Crippen molar-refractivity contribution in [3.63, 3.8) is 0 Å². The zero-order valence-electron chi connectivity index (χ0n) is 12.7. The van der Waals surface area contributed by atoms with Gasteiger partial charge in [0.2, 0.25) is 0 Å². The Morgan fingerprint density at radius 1 is 1.05 bits per heavy atom. The fourth-order valence-corrected chi connectivity index (χ4v) is 3.72. The Hall–Kier alpha value is -0.340. The second kappa shape index (κ2) is 4.89. The summed E-state index contributed by atoms with van der Waals surface area (Å²) in [6.07, 6.45) is 10.5. The first kappa shape index (κ1) is 13.6. The summed E-state index contributed by atoms with van der Waals surface area (Å²) in [4.78, 5) is 0. The molecule has 2 fully saturated rings. The largest absolute Gasteiger partial charge is 0.348 e. The number of hydrogen-bond donors (Lipinski definition) is 0. The maximum absolute atomic E-state index is 6.18. The van der Waals surface area contributed by atoms with Crippen molar-refractivity contribution >= 4 is 0 Å². The summed E-state index contributed by atoms with van der Waals surface area (Å²) in [5.74, 6) is 0.802. The van der Waals surface area contributed by atoms with Crippen LogP contribution in [-0.4, -0.2) is 19.0 Å². The van der Waals surface area contributed by atoms with Crippen molar-refractivity contribution in [1.82, 2.24) is 0 Å². The van der Waals surface area contributed by atoms with E-state index in [4.69, 9.17) is 9.47 Å². The Morgan fingerprint density at radius 2 is 1.74 bits per heavy atom. The van der Waals surface area contributed by atoms with Crippen LogP contribution in [0.1, 0.15) is 59.3 Å². The van der Waals surface area contributed by atoms with Gasteiger partial charge in [0, 0.05) is 17.3 Å². The summed E-state index contributed by atoms with van der Waals surface area (Å²) in [5, 5.41) is 0. The number of hydrogen-bond acceptors (Lipinski definition) is 2. The monoisotopic (exact) mass is 264 g/mol. The molecule has 0 unspecified atom stereocenters. The molecule has 0 bridgehead atoms. The van der Waals surface area contributed by atoms with E-state index >= 15 is 0 Å². The second-order valence-electron chi connectivity index (χ2n) is 7.46. The molecule has 2 nitrogen and oxygen atoms in total. The van der Waals surface area contributed by atoms with Gasteiger partial charge in [-0.2, -0.15) is 0 Å². The van der Waals surface area contributed by atoms with E-state index in [1.54, 1.807) is 5.57 Å². The van der Waals surface area contributed by atoms with Crippen LogP contribution in [0.25, 0.3) is 0 Å². The highest BCUT2D eigenvalue weighted by atomic mass is 16.7. The summed E-state index contributed by atoms with van der Waals surface area (Å²) in [6.45, 7) is 8.40. The van der Waals surface area contributed by atoms with Crippen molar-refractivity contribution in [2.75, 3.05) is 13.2 Å². The molecule has 0 aromatic heterocycles. The van der Waals surface area contributed by atoms with Crippen LogP contribution >= 0.6 is 0 Å². The van der Waals surface area contributed by atoms with E-state index in [2.05, 4.69) is 26.8 Å². The van der Waals surface area contributed by atoms with Crippen LogP contribution in [0.4, 0.5) is 0 Å². The molecule has 0 aromatic rings. The van der Waals surface area contributed by atoms with Crippen molar-refractivity contribution in [3.8, 4) is 0 Å². The molecule has 1 spiro atoms. The Morgan fingerprint density at radius 3 is 2.47 bits per heavy atom. The minimum atomic E-state index is -0.263. The van der Waals surface area contributed by atoms with Crippen molar-refractivity contribution in [2.45, 2.75) is 65.1 Å². The molecule has 1 aliphatic heterocycles. The van der Waals surface area contributed by atoms with Gasteiger partial charge in [-0.25, -0.2) is 0 Å². The minimum Gasteiger partial charge on any atom is -0.348 e. The normalized spacial score (nSPS) is 37.3. The van der Waals surface area contributed by atoms with Crippen molar-refractivity contribution < 1.29 is 9.47 Å². The number of ether oxygens (including phenoxy) is 2. The van der Waals surface area contributed by atoms with Gasteiger partial charge in [0.05, 0.1) is 13.2 Å². The van der Waals surface area contributed by atoms with E-state index in [0.717, 1.165) is 13.2 Å². The van der Waals surface area contributed by atoms with Crippen LogP contribution in [-0.2, 0) is 9.47 Å². The van der Waals surface area contributed by atoms with Gasteiger partial charge in [-0.15, -0.1) is 0 Å². The molecule has 2 aliphatic carbocycles. The van der Waals surface area contributed by atoms with Gasteiger partial charge in [0.25, 0.3) is 0 Å². The fourth-order valence-electron chi connectivity index (χ4n) is 3.72. The molecule has 2 atom stereocenters. The van der Waals surface area contributed by atoms with Gasteiger partial charge in [0.1, 0.15) is 0 Å². The summed E-state index contributed by atoms with van der Waals surface area (Å²) in [6, 6.07) is 0. The van der Waals surface area contributed by atoms with Crippen LogP contribution < -0.4 is 0 Å². The van der Waals surface area contributed by atoms with Crippen LogP contribution in [0, 0.1) is 17.3 Å². The van der Waals surface area contributed by atoms with Gasteiger partial charge in [-0.05, 0) is 25.7 Å². The molecule has 0 radical (unpaired) electrons. The maximum atomic E-state index is 6.18. The third-order valence-electron chi connectivity index (χ3n) is 5.06. The standard InChI is InChI=1S/C17H28O2/c1-13-15(14-9-7-5-4-6-8-10-14)17(13)18-11-16(2,3)12-19-17/h9,13,15H,4-8,10-12H2,1-3H3/t13-,15-/m1/s1. The van der Waals surface area contributed by atoms with Gasteiger partial charge in [-0.3, -0.25) is 0 Å². The number of allylic oxidation sites excluding steroid dienone is 1. The molecule has 0 amide bonds. The Bertz CT molecular complexity index is 359. The smallest absolute Gasteiger partial charge is 0.178 e. The zero-order chi connectivity index (χ0) is 13.5. The van der Waals surface area contributed by atoms with Gasteiger partial charge < -0.3 is 9.47 Å². The molecule has 1 saturated carbocycles. The summed E-state index contributed by atoms with van der Waals surface area (Å²) >= 11 is 0. The van der Waals surface area contributed by atoms with E-state index in [0.29, 0.717) is 11.8 Å². The molecule has 2 heteroatoms. The molecule has 3 aliphatic rings. The Balaban J connectivity index is 1.69. The lowest BCUT2D eigenvalue weighted by Crippen LogP contribution is -2.41. The summed E-state index contributed by atoms with van der Waals surface area (Å²) < 4.78 is 12.4. The van der Waals surface area contributed by atoms with E-state index in [1.165, 1.54) is 38.5 Å². The van der Waals surface area contributed by atoms with Crippen LogP contribution in [0.2, 0.25) is 0 Å².